The molecule has 1 N–H and O–H groups in total. The molecule has 1 aromatic carbocycles. The van der Waals surface area contributed by atoms with E-state index in [-0.39, 0.29) is 12.0 Å². The fourth-order valence-corrected chi connectivity index (χ4v) is 1.79. The first-order valence-corrected chi connectivity index (χ1v) is 6.46. The van der Waals surface area contributed by atoms with Crippen molar-refractivity contribution in [2.24, 2.45) is 0 Å². The molecule has 1 aromatic rings. The van der Waals surface area contributed by atoms with E-state index in [0.717, 1.165) is 10.0 Å². The molecule has 0 aliphatic rings. The van der Waals surface area contributed by atoms with Gasteiger partial charge in [0, 0.05) is 11.0 Å². The van der Waals surface area contributed by atoms with Gasteiger partial charge >= 0.3 is 0 Å². The van der Waals surface area contributed by atoms with Gasteiger partial charge in [-0.05, 0) is 48.8 Å². The monoisotopic (exact) mass is 299 g/mol. The van der Waals surface area contributed by atoms with E-state index in [1.54, 1.807) is 0 Å². The number of benzene rings is 1. The summed E-state index contributed by atoms with van der Waals surface area (Å²) in [4.78, 5) is 11.9. The lowest BCUT2D eigenvalue weighted by Gasteiger charge is -2.10. The van der Waals surface area contributed by atoms with Crippen LogP contribution in [0.5, 0.6) is 0 Å². The molecule has 0 atom stereocenters. The normalized spacial score (nSPS) is 10.6. The van der Waals surface area contributed by atoms with E-state index >= 15 is 0 Å². The number of aryl methyl sites for hydroxylation is 1. The number of carbonyl (C=O) groups is 1. The van der Waals surface area contributed by atoms with Gasteiger partial charge in [0.25, 0.3) is 5.91 Å². The van der Waals surface area contributed by atoms with Crippen LogP contribution in [-0.4, -0.2) is 25.2 Å². The summed E-state index contributed by atoms with van der Waals surface area (Å²) < 4.78 is 6.17. The van der Waals surface area contributed by atoms with Gasteiger partial charge in [0.2, 0.25) is 0 Å². The lowest BCUT2D eigenvalue weighted by atomic mass is 10.1. The van der Waals surface area contributed by atoms with Crippen molar-refractivity contribution in [2.75, 3.05) is 13.2 Å². The van der Waals surface area contributed by atoms with Crippen molar-refractivity contribution in [1.82, 2.24) is 5.32 Å². The SMILES string of the molecule is Cc1ccc(Br)c(C(=O)NCCOC(C)C)c1. The number of nitrogens with one attached hydrogen (secondary N) is 1. The van der Waals surface area contributed by atoms with E-state index in [9.17, 15) is 4.79 Å². The predicted molar refractivity (Wildman–Crippen MR) is 72.3 cm³/mol. The molecule has 0 saturated carbocycles. The van der Waals surface area contributed by atoms with Crippen molar-refractivity contribution in [1.29, 1.82) is 0 Å². The second kappa shape index (κ2) is 6.77. The van der Waals surface area contributed by atoms with Crippen LogP contribution in [0.15, 0.2) is 22.7 Å². The van der Waals surface area contributed by atoms with Crippen LogP contribution in [0.2, 0.25) is 0 Å². The zero-order valence-corrected chi connectivity index (χ0v) is 12.0. The Morgan fingerprint density at radius 1 is 1.47 bits per heavy atom. The van der Waals surface area contributed by atoms with Gasteiger partial charge in [-0.15, -0.1) is 0 Å². The molecule has 0 radical (unpaired) electrons. The third kappa shape index (κ3) is 4.88. The molecule has 4 heteroatoms. The summed E-state index contributed by atoms with van der Waals surface area (Å²) in [7, 11) is 0. The molecular weight excluding hydrogens is 282 g/mol. The standard InChI is InChI=1S/C13H18BrNO2/c1-9(2)17-7-6-15-13(16)11-8-10(3)4-5-12(11)14/h4-5,8-9H,6-7H2,1-3H3,(H,15,16). The van der Waals surface area contributed by atoms with Crippen LogP contribution in [0.1, 0.15) is 29.8 Å². The smallest absolute Gasteiger partial charge is 0.252 e. The van der Waals surface area contributed by atoms with Gasteiger partial charge in [0.1, 0.15) is 0 Å². The van der Waals surface area contributed by atoms with Gasteiger partial charge in [0.15, 0.2) is 0 Å². The van der Waals surface area contributed by atoms with Crippen molar-refractivity contribution in [3.63, 3.8) is 0 Å². The summed E-state index contributed by atoms with van der Waals surface area (Å²) in [5.41, 5.74) is 1.73. The number of halogens is 1. The number of hydrogen-bond acceptors (Lipinski definition) is 2. The van der Waals surface area contributed by atoms with Crippen molar-refractivity contribution >= 4 is 21.8 Å². The van der Waals surface area contributed by atoms with Crippen LogP contribution < -0.4 is 5.32 Å². The number of hydrogen-bond donors (Lipinski definition) is 1. The molecule has 1 amide bonds. The van der Waals surface area contributed by atoms with Gasteiger partial charge in [-0.2, -0.15) is 0 Å². The van der Waals surface area contributed by atoms with Crippen LogP contribution in [-0.2, 0) is 4.74 Å². The van der Waals surface area contributed by atoms with E-state index in [2.05, 4.69) is 21.2 Å². The van der Waals surface area contributed by atoms with Gasteiger partial charge < -0.3 is 10.1 Å². The molecule has 0 saturated heterocycles. The minimum Gasteiger partial charge on any atom is -0.377 e. The number of amides is 1. The van der Waals surface area contributed by atoms with Gasteiger partial charge in [-0.25, -0.2) is 0 Å². The Balaban J connectivity index is 2.49. The Hall–Kier alpha value is -0.870. The lowest BCUT2D eigenvalue weighted by Crippen LogP contribution is -2.28. The topological polar surface area (TPSA) is 38.3 Å². The molecule has 1 rings (SSSR count). The van der Waals surface area contributed by atoms with Gasteiger partial charge in [0.05, 0.1) is 18.3 Å². The van der Waals surface area contributed by atoms with E-state index in [0.29, 0.717) is 18.7 Å². The maximum absolute atomic E-state index is 11.9. The molecule has 0 aliphatic heterocycles. The zero-order chi connectivity index (χ0) is 12.8. The average molecular weight is 300 g/mol. The third-order valence-electron chi connectivity index (χ3n) is 2.21. The highest BCUT2D eigenvalue weighted by Crippen LogP contribution is 2.17. The Morgan fingerprint density at radius 2 is 2.18 bits per heavy atom. The molecule has 17 heavy (non-hydrogen) atoms. The summed E-state index contributed by atoms with van der Waals surface area (Å²) >= 11 is 3.37. The number of rotatable bonds is 5. The average Bonchev–Trinajstić information content (AvgIpc) is 2.27. The molecule has 3 nitrogen and oxygen atoms in total. The van der Waals surface area contributed by atoms with Crippen LogP contribution in [0.25, 0.3) is 0 Å². The van der Waals surface area contributed by atoms with Crippen LogP contribution in [0, 0.1) is 6.92 Å². The molecule has 94 valence electrons. The van der Waals surface area contributed by atoms with E-state index in [1.807, 2.05) is 39.0 Å². The molecule has 0 spiro atoms. The van der Waals surface area contributed by atoms with E-state index < -0.39 is 0 Å². The Morgan fingerprint density at radius 3 is 2.82 bits per heavy atom. The van der Waals surface area contributed by atoms with E-state index in [1.165, 1.54) is 0 Å². The first-order chi connectivity index (χ1) is 8.00. The molecule has 0 heterocycles. The highest BCUT2D eigenvalue weighted by Gasteiger charge is 2.09. The summed E-state index contributed by atoms with van der Waals surface area (Å²) in [6.45, 7) is 6.97. The second-order valence-corrected chi connectivity index (χ2v) is 5.01. The predicted octanol–water partition coefficient (Wildman–Crippen LogP) is 2.91. The Bertz CT molecular complexity index is 391. The maximum Gasteiger partial charge on any atom is 0.252 e. The van der Waals surface area contributed by atoms with Crippen molar-refractivity contribution < 1.29 is 9.53 Å². The minimum absolute atomic E-state index is 0.0760. The Labute approximate surface area is 111 Å². The molecule has 0 aliphatic carbocycles. The van der Waals surface area contributed by atoms with Gasteiger partial charge in [-0.3, -0.25) is 4.79 Å². The highest BCUT2D eigenvalue weighted by atomic mass is 79.9. The Kier molecular flexibility index (Phi) is 5.65. The molecule has 0 fully saturated rings. The summed E-state index contributed by atoms with van der Waals surface area (Å²) in [5, 5.41) is 2.83. The fourth-order valence-electron chi connectivity index (χ4n) is 1.37. The van der Waals surface area contributed by atoms with Crippen molar-refractivity contribution in [3.8, 4) is 0 Å². The summed E-state index contributed by atoms with van der Waals surface area (Å²) in [5.74, 6) is -0.0760. The minimum atomic E-state index is -0.0760. The zero-order valence-electron chi connectivity index (χ0n) is 10.4. The largest absolute Gasteiger partial charge is 0.377 e. The second-order valence-electron chi connectivity index (χ2n) is 4.16. The quantitative estimate of drug-likeness (QED) is 0.849. The summed E-state index contributed by atoms with van der Waals surface area (Å²) in [6, 6.07) is 5.71. The first kappa shape index (κ1) is 14.2. The third-order valence-corrected chi connectivity index (χ3v) is 2.90. The highest BCUT2D eigenvalue weighted by molar-refractivity contribution is 9.10. The summed E-state index contributed by atoms with van der Waals surface area (Å²) in [6.07, 6.45) is 0.192. The number of ether oxygens (including phenoxy) is 1. The number of carbonyl (C=O) groups excluding carboxylic acids is 1. The van der Waals surface area contributed by atoms with Crippen molar-refractivity contribution in [2.45, 2.75) is 26.9 Å². The molecular formula is C13H18BrNO2. The van der Waals surface area contributed by atoms with Crippen LogP contribution in [0.4, 0.5) is 0 Å². The molecule has 0 bridgehead atoms. The van der Waals surface area contributed by atoms with Gasteiger partial charge in [-0.1, -0.05) is 11.6 Å². The molecule has 0 aromatic heterocycles. The van der Waals surface area contributed by atoms with Crippen molar-refractivity contribution in [3.05, 3.63) is 33.8 Å². The lowest BCUT2D eigenvalue weighted by molar-refractivity contribution is 0.0746. The fraction of sp³-hybridized carbons (Fsp3) is 0.462. The maximum atomic E-state index is 11.9. The van der Waals surface area contributed by atoms with Crippen LogP contribution in [0.3, 0.4) is 0 Å². The first-order valence-electron chi connectivity index (χ1n) is 5.66. The van der Waals surface area contributed by atoms with E-state index in [4.69, 9.17) is 4.74 Å². The van der Waals surface area contributed by atoms with Crippen LogP contribution >= 0.6 is 15.9 Å². The molecule has 0 unspecified atom stereocenters.